The van der Waals surface area contributed by atoms with Crippen LogP contribution in [0.25, 0.3) is 17.5 Å². The van der Waals surface area contributed by atoms with E-state index < -0.39 is 7.40 Å². The van der Waals surface area contributed by atoms with Crippen LogP contribution in [-0.4, -0.2) is 34.7 Å². The van der Waals surface area contributed by atoms with Crippen LogP contribution in [0.5, 0.6) is 0 Å². The predicted octanol–water partition coefficient (Wildman–Crippen LogP) is 5.10. The van der Waals surface area contributed by atoms with Crippen molar-refractivity contribution in [1.29, 1.82) is 0 Å². The number of methoxy groups -OCH3 is 1. The van der Waals surface area contributed by atoms with Crippen LogP contribution >= 0.6 is 0 Å². The molecular formula is C22H21BF2N3O+. The second kappa shape index (κ2) is 8.35. The molecule has 0 atom stereocenters. The maximum Gasteiger partial charge on any atom is 0.935 e. The van der Waals surface area contributed by atoms with Gasteiger partial charge in [0.15, 0.2) is 11.4 Å². The van der Waals surface area contributed by atoms with Crippen molar-refractivity contribution in [2.75, 3.05) is 7.11 Å². The molecule has 1 aliphatic carbocycles. The van der Waals surface area contributed by atoms with E-state index in [0.717, 1.165) is 45.7 Å². The molecule has 2 aromatic rings. The molecule has 7 heteroatoms. The number of nitrogens with zero attached hydrogens (tertiary/aromatic N) is 1. The van der Waals surface area contributed by atoms with Gasteiger partial charge in [-0.1, -0.05) is 12.2 Å². The fourth-order valence-corrected chi connectivity index (χ4v) is 3.41. The lowest BCUT2D eigenvalue weighted by Gasteiger charge is -2.10. The predicted molar refractivity (Wildman–Crippen MR) is 112 cm³/mol. The molecule has 0 bridgehead atoms. The Bertz CT molecular complexity index is 1070. The third-order valence-corrected chi connectivity index (χ3v) is 4.95. The summed E-state index contributed by atoms with van der Waals surface area (Å²) in [6.45, 7) is 0. The number of hydrogen-bond acceptors (Lipinski definition) is 1. The molecule has 0 fully saturated rings. The zero-order valence-corrected chi connectivity index (χ0v) is 16.0. The second-order valence-corrected chi connectivity index (χ2v) is 6.80. The summed E-state index contributed by atoms with van der Waals surface area (Å²) < 4.78 is 33.8. The highest BCUT2D eigenvalue weighted by Crippen LogP contribution is 2.22. The maximum absolute atomic E-state index is 13.8. The van der Waals surface area contributed by atoms with E-state index in [9.17, 15) is 8.63 Å². The normalized spacial score (nSPS) is 18.0. The van der Waals surface area contributed by atoms with Crippen LogP contribution in [-0.2, 0) is 4.74 Å². The smallest absolute Gasteiger partial charge is 0.501 e. The van der Waals surface area contributed by atoms with Gasteiger partial charge in [0.25, 0.3) is 0 Å². The first-order valence-corrected chi connectivity index (χ1v) is 9.43. The van der Waals surface area contributed by atoms with Crippen LogP contribution in [0.4, 0.5) is 8.63 Å². The molecule has 146 valence electrons. The SMILES string of the molecule is COC1=CC=C(/C=C/C2=[N+](B(F)F)C(=C\c3ccc(-c4ccc[nH]4)[nH]3)/C=C2)CC1. The standard InChI is InChI=1S/C22H20BF2N3O/c1-29-20-11-5-16(6-12-20)4-8-18-9-10-19(28(18)23(24)25)15-17-7-13-22(27-17)21-3-2-14-26-21/h2-5,7-11,13-15H,6,12H2,1H3,(H,26,27)/p+1/b8-4+. The van der Waals surface area contributed by atoms with Crippen LogP contribution in [0.3, 0.4) is 0 Å². The Balaban J connectivity index is 1.58. The maximum atomic E-state index is 13.8. The number of nitrogens with one attached hydrogen (secondary N) is 2. The van der Waals surface area contributed by atoms with E-state index in [4.69, 9.17) is 4.74 Å². The number of rotatable bonds is 6. The lowest BCUT2D eigenvalue weighted by molar-refractivity contribution is -0.339. The van der Waals surface area contributed by atoms with Crippen molar-refractivity contribution >= 4 is 19.2 Å². The molecular weight excluding hydrogens is 371 g/mol. The van der Waals surface area contributed by atoms with Gasteiger partial charge in [0.05, 0.1) is 24.3 Å². The summed E-state index contributed by atoms with van der Waals surface area (Å²) in [7, 11) is -0.978. The van der Waals surface area contributed by atoms with Gasteiger partial charge in [-0.25, -0.2) is 13.1 Å². The average Bonchev–Trinajstić information content (AvgIpc) is 3.47. The Morgan fingerprint density at radius 2 is 1.97 bits per heavy atom. The summed E-state index contributed by atoms with van der Waals surface area (Å²) in [5.74, 6) is 0.930. The summed E-state index contributed by atoms with van der Waals surface area (Å²) in [5.41, 5.74) is 4.60. The summed E-state index contributed by atoms with van der Waals surface area (Å²) in [6.07, 6.45) is 16.1. The number of hydrogen-bond donors (Lipinski definition) is 2. The van der Waals surface area contributed by atoms with E-state index >= 15 is 0 Å². The van der Waals surface area contributed by atoms with E-state index in [1.54, 1.807) is 31.4 Å². The molecule has 4 rings (SSSR count). The molecule has 0 radical (unpaired) electrons. The van der Waals surface area contributed by atoms with E-state index in [-0.39, 0.29) is 0 Å². The van der Waals surface area contributed by atoms with Gasteiger partial charge in [-0.15, -0.1) is 0 Å². The largest absolute Gasteiger partial charge is 0.935 e. The van der Waals surface area contributed by atoms with Crippen molar-refractivity contribution in [3.05, 3.63) is 89.6 Å². The first-order chi connectivity index (χ1) is 14.1. The summed E-state index contributed by atoms with van der Waals surface area (Å²) in [5, 5.41) is 0. The molecule has 29 heavy (non-hydrogen) atoms. The lowest BCUT2D eigenvalue weighted by atomic mass is 10.0. The van der Waals surface area contributed by atoms with E-state index in [1.807, 2.05) is 48.7 Å². The Labute approximate surface area is 168 Å². The summed E-state index contributed by atoms with van der Waals surface area (Å²) in [6, 6.07) is 7.66. The van der Waals surface area contributed by atoms with Crippen LogP contribution in [0, 0.1) is 0 Å². The third-order valence-electron chi connectivity index (χ3n) is 4.95. The fourth-order valence-electron chi connectivity index (χ4n) is 3.41. The minimum Gasteiger partial charge on any atom is -0.501 e. The van der Waals surface area contributed by atoms with E-state index in [2.05, 4.69) is 9.97 Å². The average molecular weight is 392 g/mol. The van der Waals surface area contributed by atoms with Crippen molar-refractivity contribution in [1.82, 2.24) is 9.97 Å². The number of allylic oxidation sites excluding steroid dienone is 8. The van der Waals surface area contributed by atoms with Gasteiger partial charge in [-0.05, 0) is 42.3 Å². The Morgan fingerprint density at radius 3 is 2.66 bits per heavy atom. The molecule has 0 aromatic carbocycles. The highest BCUT2D eigenvalue weighted by molar-refractivity contribution is 6.35. The Hall–Kier alpha value is -3.35. The van der Waals surface area contributed by atoms with Gasteiger partial charge in [0, 0.05) is 42.6 Å². The molecule has 0 spiro atoms. The molecule has 2 aromatic heterocycles. The van der Waals surface area contributed by atoms with Crippen molar-refractivity contribution in [3.63, 3.8) is 0 Å². The quantitative estimate of drug-likeness (QED) is 0.660. The number of aromatic amines is 2. The van der Waals surface area contributed by atoms with Crippen LogP contribution in [0.1, 0.15) is 18.5 Å². The topological polar surface area (TPSA) is 43.8 Å². The van der Waals surface area contributed by atoms with E-state index in [0.29, 0.717) is 11.4 Å². The van der Waals surface area contributed by atoms with Gasteiger partial charge in [0.1, 0.15) is 0 Å². The highest BCUT2D eigenvalue weighted by atomic mass is 19.2. The first kappa shape index (κ1) is 19.0. The van der Waals surface area contributed by atoms with Gasteiger partial charge in [-0.3, -0.25) is 0 Å². The van der Waals surface area contributed by atoms with Crippen molar-refractivity contribution in [2.24, 2.45) is 0 Å². The van der Waals surface area contributed by atoms with Gasteiger partial charge in [0.2, 0.25) is 0 Å². The minimum absolute atomic E-state index is 0.443. The molecule has 2 N–H and O–H groups in total. The highest BCUT2D eigenvalue weighted by Gasteiger charge is 2.41. The van der Waals surface area contributed by atoms with Gasteiger partial charge >= 0.3 is 7.40 Å². The molecule has 2 aliphatic rings. The third kappa shape index (κ3) is 4.24. The van der Waals surface area contributed by atoms with Crippen molar-refractivity contribution < 1.29 is 17.9 Å². The van der Waals surface area contributed by atoms with Crippen LogP contribution in [0.15, 0.2) is 83.9 Å². The summed E-state index contributed by atoms with van der Waals surface area (Å²) >= 11 is 0. The second-order valence-electron chi connectivity index (χ2n) is 6.80. The first-order valence-electron chi connectivity index (χ1n) is 9.43. The van der Waals surface area contributed by atoms with Crippen LogP contribution < -0.4 is 0 Å². The Morgan fingerprint density at radius 1 is 1.07 bits per heavy atom. The van der Waals surface area contributed by atoms with Crippen molar-refractivity contribution in [2.45, 2.75) is 12.8 Å². The molecule has 1 aliphatic heterocycles. The van der Waals surface area contributed by atoms with Gasteiger partial charge in [-0.2, -0.15) is 0 Å². The zero-order valence-electron chi connectivity index (χ0n) is 16.0. The van der Waals surface area contributed by atoms with Gasteiger partial charge < -0.3 is 14.7 Å². The molecule has 3 heterocycles. The molecule has 0 unspecified atom stereocenters. The monoisotopic (exact) mass is 392 g/mol. The number of H-pyrrole nitrogens is 2. The lowest BCUT2D eigenvalue weighted by Crippen LogP contribution is -2.23. The summed E-state index contributed by atoms with van der Waals surface area (Å²) in [4.78, 5) is 6.36. The number of aromatic nitrogens is 2. The molecule has 0 saturated carbocycles. The zero-order chi connectivity index (χ0) is 20.2. The number of ether oxygens (including phenoxy) is 1. The van der Waals surface area contributed by atoms with Crippen LogP contribution in [0.2, 0.25) is 0 Å². The molecule has 0 amide bonds. The van der Waals surface area contributed by atoms with Crippen molar-refractivity contribution in [3.8, 4) is 11.4 Å². The minimum atomic E-state index is -2.63. The fraction of sp³-hybridized carbons (Fsp3) is 0.136. The molecule has 4 nitrogen and oxygen atoms in total. The number of halogens is 2. The Kier molecular flexibility index (Phi) is 5.47. The molecule has 0 saturated heterocycles. The van der Waals surface area contributed by atoms with E-state index in [1.165, 1.54) is 0 Å².